The van der Waals surface area contributed by atoms with Crippen LogP contribution in [0.1, 0.15) is 10.4 Å². The number of carbonyl (C=O) groups is 1. The van der Waals surface area contributed by atoms with Gasteiger partial charge in [-0.1, -0.05) is 6.07 Å². The molecule has 3 aromatic heterocycles. The van der Waals surface area contributed by atoms with Crippen LogP contribution in [0, 0.1) is 5.82 Å². The number of nitrogens with one attached hydrogen (secondary N) is 1. The van der Waals surface area contributed by atoms with E-state index in [0.29, 0.717) is 38.9 Å². The predicted molar refractivity (Wildman–Crippen MR) is 105 cm³/mol. The van der Waals surface area contributed by atoms with Gasteiger partial charge in [-0.05, 0) is 42.5 Å². The van der Waals surface area contributed by atoms with Crippen LogP contribution in [0.15, 0.2) is 60.8 Å². The maximum atomic E-state index is 13.6. The molecule has 0 saturated carbocycles. The van der Waals surface area contributed by atoms with E-state index in [9.17, 15) is 9.18 Å². The van der Waals surface area contributed by atoms with Crippen molar-refractivity contribution >= 4 is 27.9 Å². The van der Waals surface area contributed by atoms with E-state index < -0.39 is 5.97 Å². The molecule has 29 heavy (non-hydrogen) atoms. The second-order valence-corrected chi connectivity index (χ2v) is 6.43. The van der Waals surface area contributed by atoms with Crippen molar-refractivity contribution in [2.45, 2.75) is 0 Å². The number of rotatable bonds is 3. The standard InChI is InChI=1S/C21H14FN5O2/c1-29-21(28)14-11-18(15-6-3-9-23-15)24-16-7-8-17-20(19(14)16)26-27(25-17)13-5-2-4-12(22)10-13/h2-11,23H,1H3. The van der Waals surface area contributed by atoms with Crippen LogP contribution >= 0.6 is 0 Å². The number of methoxy groups -OCH3 is 1. The Morgan fingerprint density at radius 2 is 1.93 bits per heavy atom. The van der Waals surface area contributed by atoms with Gasteiger partial charge in [0, 0.05) is 17.6 Å². The fourth-order valence-corrected chi connectivity index (χ4v) is 3.31. The zero-order valence-corrected chi connectivity index (χ0v) is 15.3. The fourth-order valence-electron chi connectivity index (χ4n) is 3.31. The molecule has 5 rings (SSSR count). The largest absolute Gasteiger partial charge is 0.465 e. The summed E-state index contributed by atoms with van der Waals surface area (Å²) in [5.74, 6) is -0.890. The third-order valence-corrected chi connectivity index (χ3v) is 4.64. The highest BCUT2D eigenvalue weighted by atomic mass is 19.1. The summed E-state index contributed by atoms with van der Waals surface area (Å²) in [4.78, 5) is 21.6. The third kappa shape index (κ3) is 2.82. The number of ether oxygens (including phenoxy) is 1. The van der Waals surface area contributed by atoms with E-state index >= 15 is 0 Å². The van der Waals surface area contributed by atoms with E-state index in [-0.39, 0.29) is 5.82 Å². The maximum Gasteiger partial charge on any atom is 0.338 e. The molecule has 0 amide bonds. The van der Waals surface area contributed by atoms with Gasteiger partial charge in [-0.3, -0.25) is 0 Å². The number of aromatic nitrogens is 5. The van der Waals surface area contributed by atoms with Gasteiger partial charge < -0.3 is 9.72 Å². The highest BCUT2D eigenvalue weighted by Gasteiger charge is 2.19. The van der Waals surface area contributed by atoms with Gasteiger partial charge >= 0.3 is 5.97 Å². The monoisotopic (exact) mass is 387 g/mol. The Morgan fingerprint density at radius 1 is 1.07 bits per heavy atom. The van der Waals surface area contributed by atoms with E-state index in [4.69, 9.17) is 4.74 Å². The van der Waals surface area contributed by atoms with Gasteiger partial charge in [-0.2, -0.15) is 4.80 Å². The zero-order chi connectivity index (χ0) is 20.0. The van der Waals surface area contributed by atoms with Crippen LogP contribution in [0.5, 0.6) is 0 Å². The SMILES string of the molecule is COC(=O)c1cc(-c2ccc[nH]2)nc2ccc3nn(-c4cccc(F)c4)nc3c12. The minimum Gasteiger partial charge on any atom is -0.465 e. The Hall–Kier alpha value is -4.07. The van der Waals surface area contributed by atoms with Gasteiger partial charge in [-0.15, -0.1) is 10.2 Å². The molecule has 0 aliphatic heterocycles. The second-order valence-electron chi connectivity index (χ2n) is 6.43. The highest BCUT2D eigenvalue weighted by Crippen LogP contribution is 2.29. The first-order chi connectivity index (χ1) is 14.1. The first-order valence-electron chi connectivity index (χ1n) is 8.83. The molecule has 7 nitrogen and oxygen atoms in total. The predicted octanol–water partition coefficient (Wildman–Crippen LogP) is 3.89. The molecule has 0 bridgehead atoms. The molecule has 0 radical (unpaired) electrons. The summed E-state index contributed by atoms with van der Waals surface area (Å²) < 4.78 is 18.6. The molecule has 0 unspecified atom stereocenters. The lowest BCUT2D eigenvalue weighted by Crippen LogP contribution is -2.04. The van der Waals surface area contributed by atoms with Gasteiger partial charge in [0.1, 0.15) is 16.9 Å². The number of aromatic amines is 1. The maximum absolute atomic E-state index is 13.6. The molecule has 0 aliphatic carbocycles. The van der Waals surface area contributed by atoms with Crippen molar-refractivity contribution in [2.75, 3.05) is 7.11 Å². The summed E-state index contributed by atoms with van der Waals surface area (Å²) in [6, 6.07) is 14.9. The summed E-state index contributed by atoms with van der Waals surface area (Å²) in [5, 5.41) is 9.47. The molecule has 142 valence electrons. The molecule has 0 spiro atoms. The van der Waals surface area contributed by atoms with Crippen LogP contribution in [0.3, 0.4) is 0 Å². The number of carbonyl (C=O) groups excluding carboxylic acids is 1. The minimum absolute atomic E-state index is 0.332. The van der Waals surface area contributed by atoms with E-state index in [2.05, 4.69) is 20.2 Å². The molecule has 5 aromatic rings. The number of hydrogen-bond donors (Lipinski definition) is 1. The quantitative estimate of drug-likeness (QED) is 0.475. The number of benzene rings is 2. The molecular formula is C21H14FN5O2. The van der Waals surface area contributed by atoms with E-state index in [1.54, 1.807) is 36.5 Å². The molecule has 0 atom stereocenters. The van der Waals surface area contributed by atoms with Crippen LogP contribution in [-0.2, 0) is 4.74 Å². The topological polar surface area (TPSA) is 85.7 Å². The molecule has 2 aromatic carbocycles. The number of H-pyrrole nitrogens is 1. The number of pyridine rings is 1. The van der Waals surface area contributed by atoms with Gasteiger partial charge in [0.15, 0.2) is 0 Å². The Kier molecular flexibility index (Phi) is 3.83. The smallest absolute Gasteiger partial charge is 0.338 e. The lowest BCUT2D eigenvalue weighted by atomic mass is 10.0. The Bertz CT molecular complexity index is 1380. The molecule has 0 saturated heterocycles. The number of halogens is 1. The molecule has 3 heterocycles. The van der Waals surface area contributed by atoms with E-state index in [1.165, 1.54) is 24.0 Å². The molecule has 1 N–H and O–H groups in total. The summed E-state index contributed by atoms with van der Waals surface area (Å²) in [7, 11) is 1.33. The van der Waals surface area contributed by atoms with Crippen molar-refractivity contribution < 1.29 is 13.9 Å². The van der Waals surface area contributed by atoms with Crippen molar-refractivity contribution in [2.24, 2.45) is 0 Å². The molecule has 0 aliphatic rings. The summed E-state index contributed by atoms with van der Waals surface area (Å²) in [6.45, 7) is 0. The second kappa shape index (κ2) is 6.52. The first kappa shape index (κ1) is 17.1. The van der Waals surface area contributed by atoms with Crippen LogP contribution in [0.4, 0.5) is 4.39 Å². The fraction of sp³-hybridized carbons (Fsp3) is 0.0476. The van der Waals surface area contributed by atoms with Crippen molar-refractivity contribution in [1.82, 2.24) is 25.0 Å². The van der Waals surface area contributed by atoms with Gasteiger partial charge in [0.25, 0.3) is 0 Å². The minimum atomic E-state index is -0.502. The lowest BCUT2D eigenvalue weighted by Gasteiger charge is -2.08. The third-order valence-electron chi connectivity index (χ3n) is 4.64. The first-order valence-corrected chi connectivity index (χ1v) is 8.83. The van der Waals surface area contributed by atoms with Gasteiger partial charge in [0.05, 0.1) is 35.3 Å². The van der Waals surface area contributed by atoms with E-state index in [0.717, 1.165) is 5.69 Å². The molecule has 8 heteroatoms. The Labute approximate surface area is 163 Å². The summed E-state index contributed by atoms with van der Waals surface area (Å²) >= 11 is 0. The highest BCUT2D eigenvalue weighted by molar-refractivity contribution is 6.14. The lowest BCUT2D eigenvalue weighted by molar-refractivity contribution is 0.0603. The number of nitrogens with zero attached hydrogens (tertiary/aromatic N) is 4. The van der Waals surface area contributed by atoms with Crippen LogP contribution in [0.25, 0.3) is 39.0 Å². The van der Waals surface area contributed by atoms with Crippen molar-refractivity contribution in [3.63, 3.8) is 0 Å². The van der Waals surface area contributed by atoms with Gasteiger partial charge in [0.2, 0.25) is 0 Å². The Morgan fingerprint density at radius 3 is 2.69 bits per heavy atom. The average Bonchev–Trinajstić information content (AvgIpc) is 3.42. The molecule has 0 fully saturated rings. The van der Waals surface area contributed by atoms with Gasteiger partial charge in [-0.25, -0.2) is 14.2 Å². The number of hydrogen-bond acceptors (Lipinski definition) is 5. The van der Waals surface area contributed by atoms with Crippen molar-refractivity contribution in [3.05, 3.63) is 72.2 Å². The number of fused-ring (bicyclic) bond motifs is 3. The van der Waals surface area contributed by atoms with Crippen LogP contribution in [-0.4, -0.2) is 38.0 Å². The van der Waals surface area contributed by atoms with E-state index in [1.807, 2.05) is 12.1 Å². The normalized spacial score (nSPS) is 11.2. The molecular weight excluding hydrogens is 373 g/mol. The zero-order valence-electron chi connectivity index (χ0n) is 15.3. The van der Waals surface area contributed by atoms with Crippen LogP contribution < -0.4 is 0 Å². The van der Waals surface area contributed by atoms with Crippen molar-refractivity contribution in [3.8, 4) is 17.1 Å². The van der Waals surface area contributed by atoms with Crippen molar-refractivity contribution in [1.29, 1.82) is 0 Å². The van der Waals surface area contributed by atoms with Crippen LogP contribution in [0.2, 0.25) is 0 Å². The Balaban J connectivity index is 1.80. The average molecular weight is 387 g/mol. The summed E-state index contributed by atoms with van der Waals surface area (Å²) in [6.07, 6.45) is 1.78. The number of esters is 1. The summed E-state index contributed by atoms with van der Waals surface area (Å²) in [5.41, 5.74) is 3.82.